The van der Waals surface area contributed by atoms with Gasteiger partial charge < -0.3 is 11.1 Å². The van der Waals surface area contributed by atoms with Crippen molar-refractivity contribution in [2.75, 3.05) is 5.73 Å². The van der Waals surface area contributed by atoms with Gasteiger partial charge in [-0.05, 0) is 42.3 Å². The summed E-state index contributed by atoms with van der Waals surface area (Å²) in [6, 6.07) is 8.97. The topological polar surface area (TPSA) is 111 Å². The van der Waals surface area contributed by atoms with Crippen LogP contribution in [0.4, 0.5) is 10.2 Å². The van der Waals surface area contributed by atoms with Gasteiger partial charge in [0.25, 0.3) is 11.5 Å². The van der Waals surface area contributed by atoms with E-state index in [-0.39, 0.29) is 19.0 Å². The molecule has 4 rings (SSSR count). The first-order valence-corrected chi connectivity index (χ1v) is 10.1. The highest BCUT2D eigenvalue weighted by molar-refractivity contribution is 7.19. The number of fused-ring (bicyclic) bond motifs is 1. The van der Waals surface area contributed by atoms with Crippen molar-refractivity contribution in [1.29, 1.82) is 0 Å². The number of halogens is 1. The van der Waals surface area contributed by atoms with E-state index in [1.165, 1.54) is 34.9 Å². The Balaban J connectivity index is 1.65. The molecule has 0 fully saturated rings. The number of rotatable bonds is 5. The molecule has 158 valence electrons. The van der Waals surface area contributed by atoms with Gasteiger partial charge in [-0.15, -0.1) is 11.3 Å². The first kappa shape index (κ1) is 20.5. The predicted octanol–water partition coefficient (Wildman–Crippen LogP) is 1.93. The highest BCUT2D eigenvalue weighted by Gasteiger charge is 2.17. The fourth-order valence-electron chi connectivity index (χ4n) is 3.16. The molecule has 0 spiro atoms. The number of aromatic nitrogens is 3. The third-order valence-electron chi connectivity index (χ3n) is 4.77. The summed E-state index contributed by atoms with van der Waals surface area (Å²) in [6.07, 6.45) is 2.97. The first-order valence-electron chi connectivity index (χ1n) is 9.32. The number of benzene rings is 1. The lowest BCUT2D eigenvalue weighted by atomic mass is 10.2. The number of carbonyl (C=O) groups is 1. The van der Waals surface area contributed by atoms with Crippen molar-refractivity contribution in [3.8, 4) is 0 Å². The van der Waals surface area contributed by atoms with Crippen LogP contribution in [-0.2, 0) is 13.1 Å². The number of thiazole rings is 1. The summed E-state index contributed by atoms with van der Waals surface area (Å²) in [5.74, 6) is -0.424. The van der Waals surface area contributed by atoms with Crippen molar-refractivity contribution >= 4 is 27.9 Å². The Morgan fingerprint density at radius 1 is 1.19 bits per heavy atom. The Morgan fingerprint density at radius 3 is 2.65 bits per heavy atom. The monoisotopic (exact) mass is 439 g/mol. The van der Waals surface area contributed by atoms with E-state index in [2.05, 4.69) is 10.3 Å². The van der Waals surface area contributed by atoms with Gasteiger partial charge in [0.05, 0.1) is 6.54 Å². The molecule has 1 aromatic carbocycles. The summed E-state index contributed by atoms with van der Waals surface area (Å²) in [4.78, 5) is 42.9. The maximum Gasteiger partial charge on any atom is 0.336 e. The summed E-state index contributed by atoms with van der Waals surface area (Å²) in [5, 5.41) is 2.77. The van der Waals surface area contributed by atoms with Crippen LogP contribution in [0.15, 0.2) is 58.4 Å². The van der Waals surface area contributed by atoms with Crippen molar-refractivity contribution in [3.63, 3.8) is 0 Å². The van der Waals surface area contributed by atoms with Gasteiger partial charge in [0, 0.05) is 24.5 Å². The molecule has 0 aliphatic rings. The van der Waals surface area contributed by atoms with E-state index in [9.17, 15) is 18.8 Å². The van der Waals surface area contributed by atoms with Crippen LogP contribution >= 0.6 is 11.3 Å². The van der Waals surface area contributed by atoms with Gasteiger partial charge in [-0.25, -0.2) is 14.2 Å². The molecule has 3 heterocycles. The van der Waals surface area contributed by atoms with E-state index in [0.717, 1.165) is 21.5 Å². The number of amides is 1. The number of nitrogens with zero attached hydrogens (tertiary/aromatic N) is 3. The number of hydrogen-bond donors (Lipinski definition) is 2. The second-order valence-corrected chi connectivity index (χ2v) is 8.00. The van der Waals surface area contributed by atoms with Crippen LogP contribution in [0.1, 0.15) is 26.4 Å². The second-order valence-electron chi connectivity index (χ2n) is 6.97. The molecule has 0 saturated heterocycles. The molecule has 3 N–H and O–H groups in total. The number of nitrogen functional groups attached to an aromatic ring is 1. The molecule has 31 heavy (non-hydrogen) atoms. The quantitative estimate of drug-likeness (QED) is 0.494. The molecule has 0 unspecified atom stereocenters. The van der Waals surface area contributed by atoms with E-state index in [1.54, 1.807) is 25.3 Å². The number of hydrogen-bond acceptors (Lipinski definition) is 6. The van der Waals surface area contributed by atoms with Crippen molar-refractivity contribution in [1.82, 2.24) is 19.3 Å². The smallest absolute Gasteiger partial charge is 0.336 e. The maximum atomic E-state index is 13.1. The Labute approximate surface area is 179 Å². The van der Waals surface area contributed by atoms with Crippen LogP contribution in [0, 0.1) is 12.7 Å². The molecule has 10 heteroatoms. The molecule has 0 bridgehead atoms. The third-order valence-corrected chi connectivity index (χ3v) is 5.98. The minimum absolute atomic E-state index is 0.00255. The highest BCUT2D eigenvalue weighted by Crippen LogP contribution is 2.18. The zero-order valence-electron chi connectivity index (χ0n) is 16.5. The second kappa shape index (κ2) is 8.15. The maximum absolute atomic E-state index is 13.1. The lowest BCUT2D eigenvalue weighted by molar-refractivity contribution is 0.0954. The van der Waals surface area contributed by atoms with Gasteiger partial charge in [0.15, 0.2) is 0 Å². The fraction of sp³-hybridized carbons (Fsp3) is 0.143. The molecule has 3 aromatic heterocycles. The Bertz CT molecular complexity index is 1410. The molecule has 0 saturated carbocycles. The van der Waals surface area contributed by atoms with E-state index in [0.29, 0.717) is 26.7 Å². The van der Waals surface area contributed by atoms with Crippen LogP contribution < -0.4 is 22.3 Å². The standard InChI is InChI=1S/C21H18FN5O3S/c1-12-19(29)26(10-13-2-4-15(22)5-3-13)21(30)27-11-16(31-20(12)27)18(28)25-9-14-6-7-24-17(23)8-14/h2-8,11H,9-10H2,1H3,(H2,23,24)(H,25,28). The van der Waals surface area contributed by atoms with Gasteiger partial charge in [0.1, 0.15) is 21.3 Å². The van der Waals surface area contributed by atoms with Gasteiger partial charge in [-0.1, -0.05) is 12.1 Å². The van der Waals surface area contributed by atoms with Gasteiger partial charge in [-0.3, -0.25) is 18.6 Å². The first-order chi connectivity index (χ1) is 14.8. The summed E-state index contributed by atoms with van der Waals surface area (Å²) in [5.41, 5.74) is 6.39. The molecule has 0 aliphatic heterocycles. The van der Waals surface area contributed by atoms with Gasteiger partial charge in [-0.2, -0.15) is 0 Å². The molecule has 8 nitrogen and oxygen atoms in total. The zero-order valence-corrected chi connectivity index (χ0v) is 17.3. The van der Waals surface area contributed by atoms with Crippen molar-refractivity contribution in [3.05, 3.63) is 97.0 Å². The van der Waals surface area contributed by atoms with Crippen LogP contribution in [0.3, 0.4) is 0 Å². The number of nitrogens with two attached hydrogens (primary N) is 1. The third kappa shape index (κ3) is 4.10. The van der Waals surface area contributed by atoms with Gasteiger partial charge >= 0.3 is 5.69 Å². The highest BCUT2D eigenvalue weighted by atomic mass is 32.1. The van der Waals surface area contributed by atoms with E-state index in [1.807, 2.05) is 0 Å². The van der Waals surface area contributed by atoms with Crippen LogP contribution in [0.25, 0.3) is 4.83 Å². The Hall–Kier alpha value is -3.79. The average Bonchev–Trinajstić information content (AvgIpc) is 3.21. The number of carbonyl (C=O) groups excluding carboxylic acids is 1. The summed E-state index contributed by atoms with van der Waals surface area (Å²) in [6.45, 7) is 1.85. The van der Waals surface area contributed by atoms with Crippen LogP contribution in [0.5, 0.6) is 0 Å². The molecule has 0 aliphatic carbocycles. The summed E-state index contributed by atoms with van der Waals surface area (Å²) >= 11 is 1.07. The predicted molar refractivity (Wildman–Crippen MR) is 116 cm³/mol. The molecular weight excluding hydrogens is 421 g/mol. The molecule has 0 atom stereocenters. The summed E-state index contributed by atoms with van der Waals surface area (Å²) < 4.78 is 15.5. The van der Waals surface area contributed by atoms with Crippen molar-refractivity contribution in [2.24, 2.45) is 0 Å². The summed E-state index contributed by atoms with van der Waals surface area (Å²) in [7, 11) is 0. The molecule has 4 aromatic rings. The van der Waals surface area contributed by atoms with E-state index in [4.69, 9.17) is 5.73 Å². The number of aryl methyl sites for hydroxylation is 1. The SMILES string of the molecule is Cc1c(=O)n(Cc2ccc(F)cc2)c(=O)n2cc(C(=O)NCc3ccnc(N)c3)sc12. The lowest BCUT2D eigenvalue weighted by Gasteiger charge is -2.07. The zero-order chi connectivity index (χ0) is 22.1. The Kier molecular flexibility index (Phi) is 5.38. The van der Waals surface area contributed by atoms with E-state index < -0.39 is 17.1 Å². The van der Waals surface area contributed by atoms with Crippen molar-refractivity contribution < 1.29 is 9.18 Å². The molecule has 0 radical (unpaired) electrons. The molecule has 1 amide bonds. The van der Waals surface area contributed by atoms with Gasteiger partial charge in [0.2, 0.25) is 0 Å². The normalized spacial score (nSPS) is 11.0. The fourth-order valence-corrected chi connectivity index (χ4v) is 4.16. The minimum atomic E-state index is -0.563. The lowest BCUT2D eigenvalue weighted by Crippen LogP contribution is -2.38. The van der Waals surface area contributed by atoms with E-state index >= 15 is 0 Å². The number of anilines is 1. The van der Waals surface area contributed by atoms with Crippen molar-refractivity contribution in [2.45, 2.75) is 20.0 Å². The van der Waals surface area contributed by atoms with Crippen LogP contribution in [-0.4, -0.2) is 19.9 Å². The largest absolute Gasteiger partial charge is 0.384 e. The Morgan fingerprint density at radius 2 is 1.94 bits per heavy atom. The average molecular weight is 439 g/mol. The van der Waals surface area contributed by atoms with Crippen LogP contribution in [0.2, 0.25) is 0 Å². The number of nitrogens with one attached hydrogen (secondary N) is 1. The number of pyridine rings is 1. The minimum Gasteiger partial charge on any atom is -0.384 e. The molecular formula is C21H18FN5O3S.